The van der Waals surface area contributed by atoms with Crippen LogP contribution in [0, 0.1) is 5.92 Å². The van der Waals surface area contributed by atoms with E-state index in [-0.39, 0.29) is 27.4 Å². The Morgan fingerprint density at radius 1 is 1.33 bits per heavy atom. The minimum Gasteiger partial charge on any atom is -0.349 e. The SMILES string of the molecule is CC1CCCC(NC(=O)c2cc(Cl)cc(S(N)(=O)=O)c2)C1. The average molecular weight is 331 g/mol. The van der Waals surface area contributed by atoms with Gasteiger partial charge in [-0.2, -0.15) is 0 Å². The van der Waals surface area contributed by atoms with E-state index in [1.165, 1.54) is 24.6 Å². The number of sulfonamides is 1. The highest BCUT2D eigenvalue weighted by atomic mass is 35.5. The molecular formula is C14H19ClN2O3S. The molecule has 1 fully saturated rings. The number of carbonyl (C=O) groups is 1. The zero-order chi connectivity index (χ0) is 15.6. The van der Waals surface area contributed by atoms with Crippen LogP contribution in [0.2, 0.25) is 5.02 Å². The van der Waals surface area contributed by atoms with E-state index in [1.54, 1.807) is 0 Å². The number of nitrogens with two attached hydrogens (primary N) is 1. The lowest BCUT2D eigenvalue weighted by Crippen LogP contribution is -2.38. The van der Waals surface area contributed by atoms with Crippen LogP contribution in [-0.2, 0) is 10.0 Å². The van der Waals surface area contributed by atoms with Crippen molar-refractivity contribution in [3.63, 3.8) is 0 Å². The largest absolute Gasteiger partial charge is 0.349 e. The number of amides is 1. The highest BCUT2D eigenvalue weighted by molar-refractivity contribution is 7.89. The van der Waals surface area contributed by atoms with Crippen molar-refractivity contribution in [2.75, 3.05) is 0 Å². The maximum absolute atomic E-state index is 12.2. The van der Waals surface area contributed by atoms with Gasteiger partial charge in [0, 0.05) is 16.6 Å². The molecule has 0 heterocycles. The van der Waals surface area contributed by atoms with E-state index in [9.17, 15) is 13.2 Å². The molecule has 5 nitrogen and oxygen atoms in total. The Kier molecular flexibility index (Phi) is 4.91. The van der Waals surface area contributed by atoms with Crippen LogP contribution in [0.25, 0.3) is 0 Å². The maximum Gasteiger partial charge on any atom is 0.251 e. The average Bonchev–Trinajstić information content (AvgIpc) is 2.37. The molecule has 1 aliphatic rings. The Morgan fingerprint density at radius 2 is 2.05 bits per heavy atom. The molecule has 1 aromatic rings. The van der Waals surface area contributed by atoms with Crippen molar-refractivity contribution in [2.24, 2.45) is 11.1 Å². The van der Waals surface area contributed by atoms with Gasteiger partial charge in [-0.15, -0.1) is 0 Å². The van der Waals surface area contributed by atoms with Crippen molar-refractivity contribution in [1.29, 1.82) is 0 Å². The van der Waals surface area contributed by atoms with Crippen LogP contribution in [-0.4, -0.2) is 20.4 Å². The lowest BCUT2D eigenvalue weighted by molar-refractivity contribution is 0.0921. The fourth-order valence-corrected chi connectivity index (χ4v) is 3.57. The lowest BCUT2D eigenvalue weighted by Gasteiger charge is -2.27. The Hall–Kier alpha value is -1.11. The zero-order valence-electron chi connectivity index (χ0n) is 11.8. The van der Waals surface area contributed by atoms with Crippen LogP contribution in [0.5, 0.6) is 0 Å². The molecule has 0 bridgehead atoms. The standard InChI is InChI=1S/C14H19ClN2O3S/c1-9-3-2-4-12(5-9)17-14(18)10-6-11(15)8-13(7-10)21(16,19)20/h6-9,12H,2-5H2,1H3,(H,17,18)(H2,16,19,20). The van der Waals surface area contributed by atoms with Crippen LogP contribution in [0.15, 0.2) is 23.1 Å². The summed E-state index contributed by atoms with van der Waals surface area (Å²) in [7, 11) is -3.89. The molecule has 0 saturated heterocycles. The van der Waals surface area contributed by atoms with Crippen LogP contribution < -0.4 is 10.5 Å². The first-order chi connectivity index (χ1) is 9.75. The third kappa shape index (κ3) is 4.43. The van der Waals surface area contributed by atoms with Crippen molar-refractivity contribution in [1.82, 2.24) is 5.32 Å². The fraction of sp³-hybridized carbons (Fsp3) is 0.500. The van der Waals surface area contributed by atoms with Crippen LogP contribution >= 0.6 is 11.6 Å². The number of primary sulfonamides is 1. The molecule has 1 aromatic carbocycles. The van der Waals surface area contributed by atoms with Crippen molar-refractivity contribution >= 4 is 27.5 Å². The molecule has 0 aliphatic heterocycles. The van der Waals surface area contributed by atoms with Crippen LogP contribution in [0.3, 0.4) is 0 Å². The fourth-order valence-electron chi connectivity index (χ4n) is 2.69. The molecule has 1 saturated carbocycles. The number of nitrogens with one attached hydrogen (secondary N) is 1. The first-order valence-corrected chi connectivity index (χ1v) is 8.82. The summed E-state index contributed by atoms with van der Waals surface area (Å²) in [4.78, 5) is 12.1. The Morgan fingerprint density at radius 3 is 2.67 bits per heavy atom. The number of benzene rings is 1. The van der Waals surface area contributed by atoms with E-state index in [2.05, 4.69) is 12.2 Å². The Bertz CT molecular complexity index is 646. The first-order valence-electron chi connectivity index (χ1n) is 6.90. The quantitative estimate of drug-likeness (QED) is 0.891. The van der Waals surface area contributed by atoms with Gasteiger partial charge in [0.25, 0.3) is 5.91 Å². The maximum atomic E-state index is 12.2. The van der Waals surface area contributed by atoms with Gasteiger partial charge in [-0.25, -0.2) is 13.6 Å². The number of rotatable bonds is 3. The van der Waals surface area contributed by atoms with E-state index in [1.807, 2.05) is 0 Å². The summed E-state index contributed by atoms with van der Waals surface area (Å²) in [5.74, 6) is 0.268. The van der Waals surface area contributed by atoms with Crippen molar-refractivity contribution in [2.45, 2.75) is 43.5 Å². The number of hydrogen-bond acceptors (Lipinski definition) is 3. The van der Waals surface area contributed by atoms with Gasteiger partial charge >= 0.3 is 0 Å². The van der Waals surface area contributed by atoms with Gasteiger partial charge in [-0.05, 0) is 37.0 Å². The topological polar surface area (TPSA) is 89.3 Å². The summed E-state index contributed by atoms with van der Waals surface area (Å²) in [5, 5.41) is 8.19. The summed E-state index contributed by atoms with van der Waals surface area (Å²) in [6.45, 7) is 2.16. The highest BCUT2D eigenvalue weighted by Gasteiger charge is 2.22. The lowest BCUT2D eigenvalue weighted by atomic mass is 9.87. The molecule has 1 amide bonds. The van der Waals surface area contributed by atoms with Gasteiger partial charge in [-0.3, -0.25) is 4.79 Å². The van der Waals surface area contributed by atoms with Gasteiger partial charge in [0.05, 0.1) is 4.90 Å². The van der Waals surface area contributed by atoms with Crippen molar-refractivity contribution in [3.8, 4) is 0 Å². The second kappa shape index (κ2) is 6.34. The predicted molar refractivity (Wildman–Crippen MR) is 81.7 cm³/mol. The van der Waals surface area contributed by atoms with E-state index in [0.29, 0.717) is 5.92 Å². The van der Waals surface area contributed by atoms with Crippen molar-refractivity contribution < 1.29 is 13.2 Å². The highest BCUT2D eigenvalue weighted by Crippen LogP contribution is 2.24. The van der Waals surface area contributed by atoms with Gasteiger partial charge < -0.3 is 5.32 Å². The molecule has 2 rings (SSSR count). The van der Waals surface area contributed by atoms with Crippen LogP contribution in [0.1, 0.15) is 43.0 Å². The van der Waals surface area contributed by atoms with Gasteiger partial charge in [0.2, 0.25) is 10.0 Å². The summed E-state index contributed by atoms with van der Waals surface area (Å²) >= 11 is 5.87. The molecule has 7 heteroatoms. The van der Waals surface area contributed by atoms with E-state index < -0.39 is 10.0 Å². The molecule has 116 valence electrons. The molecule has 21 heavy (non-hydrogen) atoms. The minimum atomic E-state index is -3.89. The summed E-state index contributed by atoms with van der Waals surface area (Å²) < 4.78 is 22.8. The van der Waals surface area contributed by atoms with E-state index >= 15 is 0 Å². The third-order valence-electron chi connectivity index (χ3n) is 3.73. The molecule has 0 radical (unpaired) electrons. The number of carbonyl (C=O) groups excluding carboxylic acids is 1. The van der Waals surface area contributed by atoms with Crippen molar-refractivity contribution in [3.05, 3.63) is 28.8 Å². The predicted octanol–water partition coefficient (Wildman–Crippen LogP) is 2.30. The molecule has 3 N–H and O–H groups in total. The molecule has 1 aliphatic carbocycles. The normalized spacial score (nSPS) is 22.8. The molecule has 2 unspecified atom stereocenters. The van der Waals surface area contributed by atoms with E-state index in [0.717, 1.165) is 19.3 Å². The summed E-state index contributed by atoms with van der Waals surface area (Å²) in [6, 6.07) is 4.05. The Labute approximate surface area is 129 Å². The van der Waals surface area contributed by atoms with E-state index in [4.69, 9.17) is 16.7 Å². The molecule has 2 atom stereocenters. The van der Waals surface area contributed by atoms with Gasteiger partial charge in [0.1, 0.15) is 0 Å². The minimum absolute atomic E-state index is 0.123. The monoisotopic (exact) mass is 330 g/mol. The molecule has 0 aromatic heterocycles. The molecular weight excluding hydrogens is 312 g/mol. The third-order valence-corrected chi connectivity index (χ3v) is 4.84. The smallest absolute Gasteiger partial charge is 0.251 e. The second-order valence-corrected chi connectivity index (χ2v) is 7.66. The van der Waals surface area contributed by atoms with Gasteiger partial charge in [-0.1, -0.05) is 31.4 Å². The number of hydrogen-bond donors (Lipinski definition) is 2. The van der Waals surface area contributed by atoms with Crippen LogP contribution in [0.4, 0.5) is 0 Å². The number of halogens is 1. The second-order valence-electron chi connectivity index (χ2n) is 5.66. The van der Waals surface area contributed by atoms with Gasteiger partial charge in [0.15, 0.2) is 0 Å². The zero-order valence-corrected chi connectivity index (χ0v) is 13.4. The Balaban J connectivity index is 2.17. The summed E-state index contributed by atoms with van der Waals surface area (Å²) in [5.41, 5.74) is 0.213. The first kappa shape index (κ1) is 16.3. The molecule has 0 spiro atoms. The summed E-state index contributed by atoms with van der Waals surface area (Å²) in [6.07, 6.45) is 4.15.